The van der Waals surface area contributed by atoms with E-state index in [1.54, 1.807) is 6.92 Å². The summed E-state index contributed by atoms with van der Waals surface area (Å²) in [6, 6.07) is 13.7. The molecule has 1 fully saturated rings. The number of carbonyl (C=O) groups excluding carboxylic acids is 1. The molecule has 2 aromatic carbocycles. The molecule has 0 radical (unpaired) electrons. The van der Waals surface area contributed by atoms with Gasteiger partial charge in [-0.1, -0.05) is 36.4 Å². The fraction of sp³-hybridized carbons (Fsp3) is 0.389. The maximum absolute atomic E-state index is 12.6. The van der Waals surface area contributed by atoms with Crippen LogP contribution < -0.4 is 5.32 Å². The fourth-order valence-electron chi connectivity index (χ4n) is 3.16. The zero-order valence-electron chi connectivity index (χ0n) is 13.7. The fourth-order valence-corrected chi connectivity index (χ4v) is 4.34. The minimum atomic E-state index is -3.24. The van der Waals surface area contributed by atoms with Crippen molar-refractivity contribution in [2.45, 2.75) is 19.8 Å². The Hall–Kier alpha value is -1.92. The first-order chi connectivity index (χ1) is 11.5. The molecule has 1 atom stereocenters. The molecule has 6 heteroatoms. The molecule has 0 bridgehead atoms. The summed E-state index contributed by atoms with van der Waals surface area (Å²) in [7, 11) is -3.24. The number of amides is 1. The van der Waals surface area contributed by atoms with E-state index in [-0.39, 0.29) is 24.1 Å². The van der Waals surface area contributed by atoms with Crippen LogP contribution in [-0.2, 0) is 14.8 Å². The Morgan fingerprint density at radius 2 is 1.96 bits per heavy atom. The number of carbonyl (C=O) groups is 1. The number of rotatable bonds is 4. The molecule has 1 aliphatic heterocycles. The second kappa shape index (κ2) is 6.91. The molecule has 0 spiro atoms. The Morgan fingerprint density at radius 3 is 2.75 bits per heavy atom. The monoisotopic (exact) mass is 346 g/mol. The lowest BCUT2D eigenvalue weighted by Gasteiger charge is -2.31. The van der Waals surface area contributed by atoms with E-state index in [4.69, 9.17) is 0 Å². The first-order valence-electron chi connectivity index (χ1n) is 8.27. The minimum absolute atomic E-state index is 0.0741. The van der Waals surface area contributed by atoms with Crippen LogP contribution in [0.1, 0.15) is 19.8 Å². The second-order valence-corrected chi connectivity index (χ2v) is 8.37. The minimum Gasteiger partial charge on any atom is -0.325 e. The van der Waals surface area contributed by atoms with Crippen molar-refractivity contribution in [1.82, 2.24) is 4.31 Å². The van der Waals surface area contributed by atoms with E-state index in [1.807, 2.05) is 42.5 Å². The molecule has 128 valence electrons. The average Bonchev–Trinajstić information content (AvgIpc) is 2.62. The van der Waals surface area contributed by atoms with E-state index in [0.29, 0.717) is 19.4 Å². The van der Waals surface area contributed by atoms with Crippen LogP contribution >= 0.6 is 0 Å². The number of anilines is 1. The molecule has 1 unspecified atom stereocenters. The maximum Gasteiger partial charge on any atom is 0.228 e. The summed E-state index contributed by atoms with van der Waals surface area (Å²) in [4.78, 5) is 12.6. The van der Waals surface area contributed by atoms with Gasteiger partial charge in [-0.25, -0.2) is 12.7 Å². The molecular weight excluding hydrogens is 324 g/mol. The molecule has 24 heavy (non-hydrogen) atoms. The SMILES string of the molecule is CCS(=O)(=O)N1CCCC(C(=O)Nc2cccc3ccccc23)C1. The highest BCUT2D eigenvalue weighted by Crippen LogP contribution is 2.25. The number of piperidine rings is 1. The smallest absolute Gasteiger partial charge is 0.228 e. The van der Waals surface area contributed by atoms with E-state index >= 15 is 0 Å². The first kappa shape index (κ1) is 16.9. The van der Waals surface area contributed by atoms with Crippen LogP contribution in [0.2, 0.25) is 0 Å². The van der Waals surface area contributed by atoms with Gasteiger partial charge in [-0.2, -0.15) is 0 Å². The van der Waals surface area contributed by atoms with Crippen LogP contribution in [-0.4, -0.2) is 37.5 Å². The van der Waals surface area contributed by atoms with Crippen LogP contribution in [0.5, 0.6) is 0 Å². The molecule has 1 aliphatic rings. The zero-order valence-corrected chi connectivity index (χ0v) is 14.6. The quantitative estimate of drug-likeness (QED) is 0.926. The zero-order chi connectivity index (χ0) is 17.2. The van der Waals surface area contributed by atoms with Crippen molar-refractivity contribution in [2.75, 3.05) is 24.2 Å². The van der Waals surface area contributed by atoms with Gasteiger partial charge in [0.15, 0.2) is 0 Å². The van der Waals surface area contributed by atoms with Gasteiger partial charge in [0.2, 0.25) is 15.9 Å². The van der Waals surface area contributed by atoms with Crippen molar-refractivity contribution in [2.24, 2.45) is 5.92 Å². The summed E-state index contributed by atoms with van der Waals surface area (Å²) in [5.41, 5.74) is 0.772. The number of sulfonamides is 1. The number of hydrogen-bond donors (Lipinski definition) is 1. The third-order valence-corrected chi connectivity index (χ3v) is 6.41. The van der Waals surface area contributed by atoms with E-state index in [0.717, 1.165) is 16.5 Å². The predicted octanol–water partition coefficient (Wildman–Crippen LogP) is 2.84. The third-order valence-electron chi connectivity index (χ3n) is 4.56. The topological polar surface area (TPSA) is 66.5 Å². The highest BCUT2D eigenvalue weighted by Gasteiger charge is 2.31. The highest BCUT2D eigenvalue weighted by molar-refractivity contribution is 7.89. The molecular formula is C18H22N2O3S. The normalized spacial score (nSPS) is 19.3. The second-order valence-electron chi connectivity index (χ2n) is 6.11. The number of nitrogens with zero attached hydrogens (tertiary/aromatic N) is 1. The molecule has 5 nitrogen and oxygen atoms in total. The number of hydrogen-bond acceptors (Lipinski definition) is 3. The lowest BCUT2D eigenvalue weighted by atomic mass is 9.98. The summed E-state index contributed by atoms with van der Waals surface area (Å²) in [5.74, 6) is -0.341. The number of fused-ring (bicyclic) bond motifs is 1. The summed E-state index contributed by atoms with van der Waals surface area (Å²) in [6.07, 6.45) is 1.43. The van der Waals surface area contributed by atoms with Gasteiger partial charge in [-0.3, -0.25) is 4.79 Å². The molecule has 1 amide bonds. The maximum atomic E-state index is 12.6. The lowest BCUT2D eigenvalue weighted by Crippen LogP contribution is -2.44. The van der Waals surface area contributed by atoms with Crippen molar-refractivity contribution in [3.05, 3.63) is 42.5 Å². The van der Waals surface area contributed by atoms with Crippen LogP contribution in [0.15, 0.2) is 42.5 Å². The van der Waals surface area contributed by atoms with Crippen LogP contribution in [0, 0.1) is 5.92 Å². The van der Waals surface area contributed by atoms with E-state index in [1.165, 1.54) is 4.31 Å². The highest BCUT2D eigenvalue weighted by atomic mass is 32.2. The van der Waals surface area contributed by atoms with E-state index in [9.17, 15) is 13.2 Å². The van der Waals surface area contributed by atoms with Crippen LogP contribution in [0.4, 0.5) is 5.69 Å². The van der Waals surface area contributed by atoms with Crippen LogP contribution in [0.3, 0.4) is 0 Å². The Kier molecular flexibility index (Phi) is 4.87. The molecule has 0 aromatic heterocycles. The average molecular weight is 346 g/mol. The Labute approximate surface area is 142 Å². The van der Waals surface area contributed by atoms with Gasteiger partial charge in [-0.15, -0.1) is 0 Å². The van der Waals surface area contributed by atoms with Crippen molar-refractivity contribution in [3.8, 4) is 0 Å². The van der Waals surface area contributed by atoms with Gasteiger partial charge in [0.05, 0.1) is 11.7 Å². The molecule has 1 saturated heterocycles. The molecule has 0 aliphatic carbocycles. The van der Waals surface area contributed by atoms with Gasteiger partial charge < -0.3 is 5.32 Å². The van der Waals surface area contributed by atoms with Gasteiger partial charge in [-0.05, 0) is 31.2 Å². The molecule has 1 heterocycles. The van der Waals surface area contributed by atoms with Crippen molar-refractivity contribution in [1.29, 1.82) is 0 Å². The first-order valence-corrected chi connectivity index (χ1v) is 9.88. The van der Waals surface area contributed by atoms with Crippen LogP contribution in [0.25, 0.3) is 10.8 Å². The summed E-state index contributed by atoms with van der Waals surface area (Å²) >= 11 is 0. The predicted molar refractivity (Wildman–Crippen MR) is 96.3 cm³/mol. The summed E-state index contributed by atoms with van der Waals surface area (Å²) in [6.45, 7) is 2.41. The molecule has 3 rings (SSSR count). The molecule has 2 aromatic rings. The van der Waals surface area contributed by atoms with Crippen molar-refractivity contribution >= 4 is 32.4 Å². The van der Waals surface area contributed by atoms with Crippen molar-refractivity contribution in [3.63, 3.8) is 0 Å². The standard InChI is InChI=1S/C18H22N2O3S/c1-2-24(22,23)20-12-6-9-15(13-20)18(21)19-17-11-5-8-14-7-3-4-10-16(14)17/h3-5,7-8,10-11,15H,2,6,9,12-13H2,1H3,(H,19,21). The largest absolute Gasteiger partial charge is 0.325 e. The van der Waals surface area contributed by atoms with Gasteiger partial charge in [0, 0.05) is 24.2 Å². The Balaban J connectivity index is 1.77. The van der Waals surface area contributed by atoms with Gasteiger partial charge in [0.25, 0.3) is 0 Å². The molecule has 1 N–H and O–H groups in total. The Morgan fingerprint density at radius 1 is 1.21 bits per heavy atom. The summed E-state index contributed by atoms with van der Waals surface area (Å²) < 4.78 is 25.5. The lowest BCUT2D eigenvalue weighted by molar-refractivity contribution is -0.120. The number of benzene rings is 2. The summed E-state index contributed by atoms with van der Waals surface area (Å²) in [5, 5.41) is 5.04. The van der Waals surface area contributed by atoms with E-state index in [2.05, 4.69) is 5.32 Å². The Bertz CT molecular complexity index is 843. The molecule has 0 saturated carbocycles. The third kappa shape index (κ3) is 3.44. The van der Waals surface area contributed by atoms with Gasteiger partial charge in [0.1, 0.15) is 0 Å². The van der Waals surface area contributed by atoms with Gasteiger partial charge >= 0.3 is 0 Å². The van der Waals surface area contributed by atoms with E-state index < -0.39 is 10.0 Å². The van der Waals surface area contributed by atoms with Crippen molar-refractivity contribution < 1.29 is 13.2 Å². The number of nitrogens with one attached hydrogen (secondary N) is 1.